The number of anilines is 1. The van der Waals surface area contributed by atoms with Crippen LogP contribution in [-0.4, -0.2) is 31.5 Å². The molecule has 3 aromatic rings. The summed E-state index contributed by atoms with van der Waals surface area (Å²) in [4.78, 5) is 21.6. The fourth-order valence-corrected chi connectivity index (χ4v) is 3.69. The third kappa shape index (κ3) is 4.47. The molecule has 1 amide bonds. The lowest BCUT2D eigenvalue weighted by Crippen LogP contribution is -2.35. The van der Waals surface area contributed by atoms with Crippen LogP contribution in [0.1, 0.15) is 60.9 Å². The van der Waals surface area contributed by atoms with Crippen LogP contribution >= 0.6 is 0 Å². The van der Waals surface area contributed by atoms with Crippen LogP contribution in [0.3, 0.4) is 0 Å². The van der Waals surface area contributed by atoms with Gasteiger partial charge in [-0.3, -0.25) is 9.78 Å². The number of carbonyl (C=O) groups is 1. The summed E-state index contributed by atoms with van der Waals surface area (Å²) in [6, 6.07) is 6.01. The van der Waals surface area contributed by atoms with Crippen molar-refractivity contribution in [1.29, 1.82) is 0 Å². The zero-order valence-corrected chi connectivity index (χ0v) is 16.0. The van der Waals surface area contributed by atoms with E-state index in [9.17, 15) is 4.79 Å². The Morgan fingerprint density at radius 2 is 1.93 bits per heavy atom. The van der Waals surface area contributed by atoms with Gasteiger partial charge in [-0.05, 0) is 30.5 Å². The standard InChI is InChI=1S/C21H26N6O/c28-21(25-17-8-4-2-1-3-5-9-17)18-15-24-27-12-10-19(26-20(18)27)23-14-16-7-6-11-22-13-16/h6-7,10-13,15,17H,1-5,8-9,14H2,(H,23,26)(H,25,28). The molecule has 1 aliphatic carbocycles. The van der Waals surface area contributed by atoms with E-state index in [0.29, 0.717) is 23.6 Å². The van der Waals surface area contributed by atoms with Crippen molar-refractivity contribution in [2.45, 2.75) is 57.5 Å². The van der Waals surface area contributed by atoms with Crippen LogP contribution in [0.25, 0.3) is 5.65 Å². The monoisotopic (exact) mass is 378 g/mol. The van der Waals surface area contributed by atoms with Gasteiger partial charge in [0.25, 0.3) is 5.91 Å². The summed E-state index contributed by atoms with van der Waals surface area (Å²) < 4.78 is 1.64. The quantitative estimate of drug-likeness (QED) is 0.709. The molecule has 3 heterocycles. The number of fused-ring (bicyclic) bond motifs is 1. The maximum Gasteiger partial charge on any atom is 0.256 e. The number of amides is 1. The van der Waals surface area contributed by atoms with E-state index in [1.807, 2.05) is 30.6 Å². The van der Waals surface area contributed by atoms with E-state index in [4.69, 9.17) is 0 Å². The van der Waals surface area contributed by atoms with Crippen LogP contribution in [0.2, 0.25) is 0 Å². The molecule has 0 aliphatic heterocycles. The van der Waals surface area contributed by atoms with Crippen LogP contribution in [0.15, 0.2) is 43.0 Å². The van der Waals surface area contributed by atoms with Gasteiger partial charge < -0.3 is 10.6 Å². The molecule has 2 N–H and O–H groups in total. The highest BCUT2D eigenvalue weighted by Gasteiger charge is 2.19. The summed E-state index contributed by atoms with van der Waals surface area (Å²) in [5.74, 6) is 0.620. The van der Waals surface area contributed by atoms with Gasteiger partial charge in [-0.2, -0.15) is 5.10 Å². The fourth-order valence-electron chi connectivity index (χ4n) is 3.69. The van der Waals surface area contributed by atoms with E-state index in [1.165, 1.54) is 32.1 Å². The molecule has 7 nitrogen and oxygen atoms in total. The van der Waals surface area contributed by atoms with Gasteiger partial charge in [-0.15, -0.1) is 0 Å². The fraction of sp³-hybridized carbons (Fsp3) is 0.429. The van der Waals surface area contributed by atoms with Crippen molar-refractivity contribution in [1.82, 2.24) is 24.9 Å². The summed E-state index contributed by atoms with van der Waals surface area (Å²) in [5, 5.41) is 10.8. The number of nitrogens with one attached hydrogen (secondary N) is 2. The molecule has 0 aromatic carbocycles. The molecule has 3 aromatic heterocycles. The summed E-state index contributed by atoms with van der Waals surface area (Å²) >= 11 is 0. The molecule has 0 saturated heterocycles. The van der Waals surface area contributed by atoms with Gasteiger partial charge in [0.15, 0.2) is 5.65 Å². The summed E-state index contributed by atoms with van der Waals surface area (Å²) in [7, 11) is 0. The Hall–Kier alpha value is -2.96. The second-order valence-corrected chi connectivity index (χ2v) is 7.37. The zero-order chi connectivity index (χ0) is 19.2. The van der Waals surface area contributed by atoms with Crippen molar-refractivity contribution in [3.63, 3.8) is 0 Å². The Balaban J connectivity index is 1.46. The molecule has 4 rings (SSSR count). The maximum atomic E-state index is 12.8. The van der Waals surface area contributed by atoms with E-state index in [0.717, 1.165) is 18.4 Å². The minimum absolute atomic E-state index is 0.0857. The third-order valence-corrected chi connectivity index (χ3v) is 5.25. The highest BCUT2D eigenvalue weighted by Crippen LogP contribution is 2.18. The second-order valence-electron chi connectivity index (χ2n) is 7.37. The van der Waals surface area contributed by atoms with Crippen molar-refractivity contribution < 1.29 is 4.79 Å². The van der Waals surface area contributed by atoms with E-state index in [1.54, 1.807) is 16.9 Å². The lowest BCUT2D eigenvalue weighted by Gasteiger charge is -2.20. The number of hydrogen-bond donors (Lipinski definition) is 2. The third-order valence-electron chi connectivity index (χ3n) is 5.25. The smallest absolute Gasteiger partial charge is 0.256 e. The SMILES string of the molecule is O=C(NC1CCCCCCC1)c1cnn2ccc(NCc3cccnc3)nc12. The van der Waals surface area contributed by atoms with Gasteiger partial charge in [0.05, 0.1) is 6.20 Å². The van der Waals surface area contributed by atoms with E-state index in [-0.39, 0.29) is 11.9 Å². The Morgan fingerprint density at radius 1 is 1.11 bits per heavy atom. The Kier molecular flexibility index (Phi) is 5.80. The Labute approximate surface area is 164 Å². The Bertz CT molecular complexity index is 915. The molecule has 1 saturated carbocycles. The Morgan fingerprint density at radius 3 is 2.71 bits per heavy atom. The summed E-state index contributed by atoms with van der Waals surface area (Å²) in [6.07, 6.45) is 15.3. The lowest BCUT2D eigenvalue weighted by molar-refractivity contribution is 0.0932. The highest BCUT2D eigenvalue weighted by atomic mass is 16.1. The van der Waals surface area contributed by atoms with Gasteiger partial charge in [0.1, 0.15) is 11.4 Å². The van der Waals surface area contributed by atoms with Crippen LogP contribution in [0.5, 0.6) is 0 Å². The topological polar surface area (TPSA) is 84.2 Å². The van der Waals surface area contributed by atoms with Crippen molar-refractivity contribution >= 4 is 17.4 Å². The van der Waals surface area contributed by atoms with E-state index >= 15 is 0 Å². The van der Waals surface area contributed by atoms with Gasteiger partial charge in [0, 0.05) is 31.2 Å². The van der Waals surface area contributed by atoms with Gasteiger partial charge >= 0.3 is 0 Å². The molecule has 28 heavy (non-hydrogen) atoms. The average molecular weight is 378 g/mol. The van der Waals surface area contributed by atoms with Crippen LogP contribution in [0.4, 0.5) is 5.82 Å². The minimum Gasteiger partial charge on any atom is -0.366 e. The number of hydrogen-bond acceptors (Lipinski definition) is 5. The molecule has 0 radical (unpaired) electrons. The molecule has 0 spiro atoms. The van der Waals surface area contributed by atoms with Crippen molar-refractivity contribution in [2.75, 3.05) is 5.32 Å². The van der Waals surface area contributed by atoms with Crippen LogP contribution < -0.4 is 10.6 Å². The predicted octanol–water partition coefficient (Wildman–Crippen LogP) is 3.58. The van der Waals surface area contributed by atoms with Gasteiger partial charge in [-0.1, -0.05) is 38.2 Å². The number of aromatic nitrogens is 4. The minimum atomic E-state index is -0.0857. The van der Waals surface area contributed by atoms with Crippen molar-refractivity contribution in [3.8, 4) is 0 Å². The molecule has 146 valence electrons. The van der Waals surface area contributed by atoms with Gasteiger partial charge in [-0.25, -0.2) is 9.50 Å². The first kappa shape index (κ1) is 18.4. The first-order chi connectivity index (χ1) is 13.8. The molecule has 1 fully saturated rings. The second kappa shape index (κ2) is 8.82. The number of carbonyl (C=O) groups excluding carboxylic acids is 1. The largest absolute Gasteiger partial charge is 0.366 e. The molecule has 0 atom stereocenters. The molecule has 1 aliphatic rings. The number of pyridine rings is 1. The number of nitrogens with zero attached hydrogens (tertiary/aromatic N) is 4. The zero-order valence-electron chi connectivity index (χ0n) is 16.0. The summed E-state index contributed by atoms with van der Waals surface area (Å²) in [5.41, 5.74) is 2.16. The molecule has 0 bridgehead atoms. The average Bonchev–Trinajstić information content (AvgIpc) is 3.12. The lowest BCUT2D eigenvalue weighted by atomic mass is 9.96. The predicted molar refractivity (Wildman–Crippen MR) is 108 cm³/mol. The first-order valence-electron chi connectivity index (χ1n) is 10.1. The van der Waals surface area contributed by atoms with Crippen LogP contribution in [0, 0.1) is 0 Å². The molecular weight excluding hydrogens is 352 g/mol. The molecule has 7 heteroatoms. The van der Waals surface area contributed by atoms with E-state index in [2.05, 4.69) is 25.7 Å². The van der Waals surface area contributed by atoms with Crippen molar-refractivity contribution in [2.24, 2.45) is 0 Å². The molecular formula is C21H26N6O. The first-order valence-corrected chi connectivity index (χ1v) is 10.1. The number of rotatable bonds is 5. The highest BCUT2D eigenvalue weighted by molar-refractivity contribution is 5.99. The summed E-state index contributed by atoms with van der Waals surface area (Å²) in [6.45, 7) is 0.620. The van der Waals surface area contributed by atoms with Gasteiger partial charge in [0.2, 0.25) is 0 Å². The van der Waals surface area contributed by atoms with E-state index < -0.39 is 0 Å². The molecule has 0 unspecified atom stereocenters. The van der Waals surface area contributed by atoms with Crippen molar-refractivity contribution in [3.05, 3.63) is 54.1 Å². The maximum absolute atomic E-state index is 12.8. The normalized spacial score (nSPS) is 15.7. The van der Waals surface area contributed by atoms with Crippen LogP contribution in [-0.2, 0) is 6.54 Å².